The highest BCUT2D eigenvalue weighted by Gasteiger charge is 2.22. The van der Waals surface area contributed by atoms with Gasteiger partial charge in [-0.15, -0.1) is 0 Å². The maximum Gasteiger partial charge on any atom is 0.131 e. The van der Waals surface area contributed by atoms with Gasteiger partial charge in [-0.2, -0.15) is 0 Å². The van der Waals surface area contributed by atoms with Gasteiger partial charge in [0.2, 0.25) is 0 Å². The Hall–Kier alpha value is -1.72. The summed E-state index contributed by atoms with van der Waals surface area (Å²) in [6.45, 7) is 0.324. The number of anilines is 2. The van der Waals surface area contributed by atoms with Crippen LogP contribution in [-0.4, -0.2) is 4.98 Å². The van der Waals surface area contributed by atoms with E-state index in [0.29, 0.717) is 18.1 Å². The lowest BCUT2D eigenvalue weighted by atomic mass is 10.0. The summed E-state index contributed by atoms with van der Waals surface area (Å²) in [6.07, 6.45) is 0.796. The standard InChI is InChI=1S/C13H14N4S/c14-6-9-11(15)8-5-7-3-1-2-4-10(7)18-13(8)17-12(9)16/h1-4H,5-6,14H2,(H4,15,16,17). The molecule has 0 fully saturated rings. The predicted octanol–water partition coefficient (Wildman–Crippen LogP) is 1.76. The maximum absolute atomic E-state index is 6.16. The van der Waals surface area contributed by atoms with Gasteiger partial charge in [0.1, 0.15) is 10.8 Å². The van der Waals surface area contributed by atoms with Crippen molar-refractivity contribution in [2.75, 3.05) is 11.5 Å². The third-order valence-electron chi connectivity index (χ3n) is 3.19. The molecule has 0 spiro atoms. The van der Waals surface area contributed by atoms with Crippen molar-refractivity contribution in [1.29, 1.82) is 0 Å². The topological polar surface area (TPSA) is 91.0 Å². The highest BCUT2D eigenvalue weighted by Crippen LogP contribution is 2.42. The van der Waals surface area contributed by atoms with E-state index in [1.165, 1.54) is 10.5 Å². The lowest BCUT2D eigenvalue weighted by Crippen LogP contribution is -2.13. The van der Waals surface area contributed by atoms with E-state index in [-0.39, 0.29) is 0 Å². The van der Waals surface area contributed by atoms with Gasteiger partial charge in [-0.05, 0) is 11.6 Å². The van der Waals surface area contributed by atoms with Crippen molar-refractivity contribution in [3.63, 3.8) is 0 Å². The van der Waals surface area contributed by atoms with Gasteiger partial charge in [0.05, 0.1) is 0 Å². The van der Waals surface area contributed by atoms with Crippen LogP contribution in [0.5, 0.6) is 0 Å². The number of nitrogens with zero attached hydrogens (tertiary/aromatic N) is 1. The highest BCUT2D eigenvalue weighted by molar-refractivity contribution is 7.99. The molecule has 0 amide bonds. The summed E-state index contributed by atoms with van der Waals surface area (Å²) in [7, 11) is 0. The second-order valence-corrected chi connectivity index (χ2v) is 5.29. The smallest absolute Gasteiger partial charge is 0.131 e. The van der Waals surface area contributed by atoms with Gasteiger partial charge in [-0.1, -0.05) is 30.0 Å². The molecule has 18 heavy (non-hydrogen) atoms. The van der Waals surface area contributed by atoms with Crippen molar-refractivity contribution < 1.29 is 0 Å². The van der Waals surface area contributed by atoms with E-state index in [9.17, 15) is 0 Å². The minimum Gasteiger partial charge on any atom is -0.398 e. The molecule has 0 bridgehead atoms. The maximum atomic E-state index is 6.16. The third kappa shape index (κ3) is 1.63. The zero-order valence-electron chi connectivity index (χ0n) is 9.81. The Morgan fingerprint density at radius 3 is 2.78 bits per heavy atom. The van der Waals surface area contributed by atoms with Gasteiger partial charge in [-0.3, -0.25) is 0 Å². The van der Waals surface area contributed by atoms with Crippen LogP contribution in [0.4, 0.5) is 11.5 Å². The molecule has 92 valence electrons. The average molecular weight is 258 g/mol. The number of hydrogen-bond donors (Lipinski definition) is 3. The Kier molecular flexibility index (Phi) is 2.65. The second-order valence-electron chi connectivity index (χ2n) is 4.26. The largest absolute Gasteiger partial charge is 0.398 e. The number of benzene rings is 1. The summed E-state index contributed by atoms with van der Waals surface area (Å²) in [5.74, 6) is 0.445. The molecule has 3 rings (SSSR count). The van der Waals surface area contributed by atoms with Crippen LogP contribution in [0.3, 0.4) is 0 Å². The second kappa shape index (κ2) is 4.19. The van der Waals surface area contributed by atoms with Crippen LogP contribution in [0.1, 0.15) is 16.7 Å². The number of rotatable bonds is 1. The van der Waals surface area contributed by atoms with Gasteiger partial charge < -0.3 is 17.2 Å². The minimum atomic E-state index is 0.324. The van der Waals surface area contributed by atoms with Crippen LogP contribution in [-0.2, 0) is 13.0 Å². The summed E-state index contributed by atoms with van der Waals surface area (Å²) in [4.78, 5) is 5.64. The number of nitrogens with two attached hydrogens (primary N) is 3. The van der Waals surface area contributed by atoms with Crippen LogP contribution in [0.2, 0.25) is 0 Å². The summed E-state index contributed by atoms with van der Waals surface area (Å²) >= 11 is 1.62. The zero-order chi connectivity index (χ0) is 12.7. The molecule has 0 aliphatic carbocycles. The Morgan fingerprint density at radius 2 is 2.00 bits per heavy atom. The first-order valence-corrected chi connectivity index (χ1v) is 6.55. The molecule has 1 aliphatic heterocycles. The van der Waals surface area contributed by atoms with Crippen LogP contribution >= 0.6 is 11.8 Å². The van der Waals surface area contributed by atoms with Crippen LogP contribution in [0.15, 0.2) is 34.2 Å². The minimum absolute atomic E-state index is 0.324. The molecule has 6 N–H and O–H groups in total. The predicted molar refractivity (Wildman–Crippen MR) is 74.3 cm³/mol. The molecule has 0 saturated heterocycles. The number of aromatic nitrogens is 1. The van der Waals surface area contributed by atoms with Crippen molar-refractivity contribution >= 4 is 23.3 Å². The summed E-state index contributed by atoms with van der Waals surface area (Å²) in [5, 5.41) is 0.904. The molecule has 1 aromatic carbocycles. The molecule has 2 heterocycles. The molecule has 1 aromatic heterocycles. The highest BCUT2D eigenvalue weighted by atomic mass is 32.2. The number of nitrogen functional groups attached to an aromatic ring is 2. The zero-order valence-corrected chi connectivity index (χ0v) is 10.6. The summed E-state index contributed by atoms with van der Waals surface area (Å²) < 4.78 is 0. The quantitative estimate of drug-likeness (QED) is 0.618. The summed E-state index contributed by atoms with van der Waals surface area (Å²) in [5.41, 5.74) is 21.5. The van der Waals surface area contributed by atoms with E-state index in [4.69, 9.17) is 17.2 Å². The van der Waals surface area contributed by atoms with E-state index in [1.54, 1.807) is 11.8 Å². The van der Waals surface area contributed by atoms with E-state index < -0.39 is 0 Å². The molecule has 0 atom stereocenters. The number of hydrogen-bond acceptors (Lipinski definition) is 5. The summed E-state index contributed by atoms with van der Waals surface area (Å²) in [6, 6.07) is 8.27. The monoisotopic (exact) mass is 258 g/mol. The fourth-order valence-corrected chi connectivity index (χ4v) is 3.27. The van der Waals surface area contributed by atoms with E-state index >= 15 is 0 Å². The Bertz CT molecular complexity index is 625. The fraction of sp³-hybridized carbons (Fsp3) is 0.154. The third-order valence-corrected chi connectivity index (χ3v) is 4.34. The van der Waals surface area contributed by atoms with Crippen molar-refractivity contribution in [1.82, 2.24) is 4.98 Å². The van der Waals surface area contributed by atoms with Gasteiger partial charge in [0.15, 0.2) is 0 Å². The molecule has 0 radical (unpaired) electrons. The van der Waals surface area contributed by atoms with Crippen molar-refractivity contribution in [3.05, 3.63) is 41.0 Å². The SMILES string of the molecule is NCc1c(N)nc2c(c1N)Cc1ccccc1S2. The van der Waals surface area contributed by atoms with E-state index in [0.717, 1.165) is 22.6 Å². The molecule has 5 heteroatoms. The molecule has 1 aliphatic rings. The van der Waals surface area contributed by atoms with Crippen molar-refractivity contribution in [3.8, 4) is 0 Å². The molecule has 4 nitrogen and oxygen atoms in total. The molecule has 0 saturated carbocycles. The van der Waals surface area contributed by atoms with E-state index in [1.807, 2.05) is 12.1 Å². The van der Waals surface area contributed by atoms with Crippen LogP contribution < -0.4 is 17.2 Å². The molecule has 0 unspecified atom stereocenters. The molecular formula is C13H14N4S. The molecular weight excluding hydrogens is 244 g/mol. The fourth-order valence-electron chi connectivity index (χ4n) is 2.19. The molecule has 2 aromatic rings. The first kappa shape index (κ1) is 11.4. The first-order chi connectivity index (χ1) is 8.70. The van der Waals surface area contributed by atoms with E-state index in [2.05, 4.69) is 17.1 Å². The van der Waals surface area contributed by atoms with Gasteiger partial charge in [0, 0.05) is 34.7 Å². The van der Waals surface area contributed by atoms with Gasteiger partial charge in [0.25, 0.3) is 0 Å². The van der Waals surface area contributed by atoms with Crippen molar-refractivity contribution in [2.45, 2.75) is 22.9 Å². The van der Waals surface area contributed by atoms with Crippen molar-refractivity contribution in [2.24, 2.45) is 5.73 Å². The number of fused-ring (bicyclic) bond motifs is 2. The lowest BCUT2D eigenvalue weighted by molar-refractivity contribution is 0.952. The van der Waals surface area contributed by atoms with Gasteiger partial charge >= 0.3 is 0 Å². The Labute approximate surface area is 110 Å². The van der Waals surface area contributed by atoms with Crippen LogP contribution in [0, 0.1) is 0 Å². The normalized spacial score (nSPS) is 12.9. The first-order valence-electron chi connectivity index (χ1n) is 5.73. The number of pyridine rings is 1. The van der Waals surface area contributed by atoms with Crippen LogP contribution in [0.25, 0.3) is 0 Å². The lowest BCUT2D eigenvalue weighted by Gasteiger charge is -2.21. The average Bonchev–Trinajstić information content (AvgIpc) is 2.37. The van der Waals surface area contributed by atoms with Gasteiger partial charge in [-0.25, -0.2) is 4.98 Å². The Morgan fingerprint density at radius 1 is 1.22 bits per heavy atom. The Balaban J connectivity index is 2.16.